The molecule has 3 aromatic rings. The van der Waals surface area contributed by atoms with Gasteiger partial charge in [-0.15, -0.1) is 0 Å². The Labute approximate surface area is 172 Å². The average molecular weight is 412 g/mol. The number of aromatic nitrogens is 3. The van der Waals surface area contributed by atoms with Crippen molar-refractivity contribution >= 4 is 22.6 Å². The molecule has 0 fully saturated rings. The molecule has 158 valence electrons. The molecule has 0 spiro atoms. The molecular weight excluding hydrogens is 388 g/mol. The average Bonchev–Trinajstić information content (AvgIpc) is 2.71. The zero-order valence-corrected chi connectivity index (χ0v) is 17.6. The van der Waals surface area contributed by atoms with E-state index < -0.39 is 22.7 Å². The number of aryl methyl sites for hydroxylation is 3. The summed E-state index contributed by atoms with van der Waals surface area (Å²) in [7, 11) is 2.96. The van der Waals surface area contributed by atoms with Crippen molar-refractivity contribution in [2.24, 2.45) is 7.05 Å². The van der Waals surface area contributed by atoms with Crippen molar-refractivity contribution in [3.8, 4) is 5.75 Å². The lowest BCUT2D eigenvalue weighted by Crippen LogP contribution is -2.42. The summed E-state index contributed by atoms with van der Waals surface area (Å²) in [6, 6.07) is 6.41. The minimum absolute atomic E-state index is 0.0181. The van der Waals surface area contributed by atoms with Crippen LogP contribution in [0, 0.1) is 6.92 Å². The summed E-state index contributed by atoms with van der Waals surface area (Å²) >= 11 is 0. The second-order valence-corrected chi connectivity index (χ2v) is 6.89. The number of hydrogen-bond donors (Lipinski definition) is 1. The third kappa shape index (κ3) is 3.32. The fourth-order valence-electron chi connectivity index (χ4n) is 3.56. The number of hydrogen-bond acceptors (Lipinski definition) is 5. The van der Waals surface area contributed by atoms with Crippen LogP contribution in [0.4, 0.5) is 5.69 Å². The van der Waals surface area contributed by atoms with Gasteiger partial charge >= 0.3 is 5.69 Å². The van der Waals surface area contributed by atoms with E-state index in [-0.39, 0.29) is 29.7 Å². The fraction of sp³-hybridized carbons (Fsp3) is 0.333. The molecule has 9 nitrogen and oxygen atoms in total. The number of fused-ring (bicyclic) bond motifs is 1. The Morgan fingerprint density at radius 2 is 1.73 bits per heavy atom. The Balaban J connectivity index is 2.34. The van der Waals surface area contributed by atoms with Crippen LogP contribution in [0.2, 0.25) is 0 Å². The molecule has 0 saturated carbocycles. The minimum Gasteiger partial charge on any atom is -0.495 e. The third-order valence-electron chi connectivity index (χ3n) is 5.06. The molecule has 30 heavy (non-hydrogen) atoms. The summed E-state index contributed by atoms with van der Waals surface area (Å²) in [6.07, 6.45) is 0. The van der Waals surface area contributed by atoms with Crippen LogP contribution in [0.1, 0.15) is 29.8 Å². The van der Waals surface area contributed by atoms with Gasteiger partial charge in [0.1, 0.15) is 11.4 Å². The molecule has 0 unspecified atom stereocenters. The zero-order valence-electron chi connectivity index (χ0n) is 17.6. The predicted molar refractivity (Wildman–Crippen MR) is 115 cm³/mol. The van der Waals surface area contributed by atoms with E-state index in [4.69, 9.17) is 4.74 Å². The summed E-state index contributed by atoms with van der Waals surface area (Å²) in [5, 5.41) is 2.74. The van der Waals surface area contributed by atoms with Crippen LogP contribution >= 0.6 is 0 Å². The number of amides is 1. The topological polar surface area (TPSA) is 104 Å². The van der Waals surface area contributed by atoms with E-state index in [9.17, 15) is 19.2 Å². The fourth-order valence-corrected chi connectivity index (χ4v) is 3.56. The van der Waals surface area contributed by atoms with Gasteiger partial charge in [-0.3, -0.25) is 28.1 Å². The van der Waals surface area contributed by atoms with Crippen molar-refractivity contribution in [3.63, 3.8) is 0 Å². The Kier molecular flexibility index (Phi) is 5.64. The molecule has 0 aliphatic rings. The molecule has 1 N–H and O–H groups in total. The molecule has 1 aromatic carbocycles. The lowest BCUT2D eigenvalue weighted by molar-refractivity contribution is 0.102. The molecule has 2 heterocycles. The quantitative estimate of drug-likeness (QED) is 0.683. The first-order chi connectivity index (χ1) is 14.2. The van der Waals surface area contributed by atoms with Crippen molar-refractivity contribution in [2.45, 2.75) is 33.9 Å². The van der Waals surface area contributed by atoms with Gasteiger partial charge in [0, 0.05) is 26.2 Å². The largest absolute Gasteiger partial charge is 0.495 e. The van der Waals surface area contributed by atoms with Crippen LogP contribution in [0.15, 0.2) is 38.6 Å². The molecule has 0 bridgehead atoms. The maximum Gasteiger partial charge on any atom is 0.332 e. The molecular formula is C21H24N4O5. The first kappa shape index (κ1) is 21.1. The maximum atomic E-state index is 13.2. The number of nitrogens with zero attached hydrogens (tertiary/aromatic N) is 3. The molecule has 0 aliphatic carbocycles. The van der Waals surface area contributed by atoms with Crippen molar-refractivity contribution in [3.05, 3.63) is 66.6 Å². The van der Waals surface area contributed by atoms with Gasteiger partial charge in [-0.25, -0.2) is 4.79 Å². The van der Waals surface area contributed by atoms with E-state index in [1.165, 1.54) is 23.3 Å². The van der Waals surface area contributed by atoms with Gasteiger partial charge in [-0.05, 0) is 38.5 Å². The first-order valence-corrected chi connectivity index (χ1v) is 9.58. The molecule has 9 heteroatoms. The molecule has 0 saturated heterocycles. The lowest BCUT2D eigenvalue weighted by Gasteiger charge is -2.17. The maximum absolute atomic E-state index is 13.2. The normalized spacial score (nSPS) is 11.0. The highest BCUT2D eigenvalue weighted by atomic mass is 16.5. The number of benzene rings is 1. The smallest absolute Gasteiger partial charge is 0.332 e. The van der Waals surface area contributed by atoms with Gasteiger partial charge in [-0.1, -0.05) is 6.07 Å². The van der Waals surface area contributed by atoms with Crippen molar-refractivity contribution < 1.29 is 9.53 Å². The highest BCUT2D eigenvalue weighted by Gasteiger charge is 2.22. The Hall–Kier alpha value is -3.62. The van der Waals surface area contributed by atoms with E-state index in [2.05, 4.69) is 5.32 Å². The number of nitrogens with one attached hydrogen (secondary N) is 1. The first-order valence-electron chi connectivity index (χ1n) is 9.58. The van der Waals surface area contributed by atoms with Gasteiger partial charge in [0.25, 0.3) is 17.0 Å². The number of methoxy groups -OCH3 is 1. The van der Waals surface area contributed by atoms with E-state index >= 15 is 0 Å². The molecule has 0 atom stereocenters. The van der Waals surface area contributed by atoms with Gasteiger partial charge < -0.3 is 10.1 Å². The molecule has 2 aromatic heterocycles. The SMILES string of the molecule is CCn1c(=O)c2c(C(=O)Nc3cc(C)ccc3OC)cc(=O)n(CC)c2n(C)c1=O. The van der Waals surface area contributed by atoms with Crippen LogP contribution < -0.4 is 26.9 Å². The minimum atomic E-state index is -0.636. The summed E-state index contributed by atoms with van der Waals surface area (Å²) < 4.78 is 8.87. The predicted octanol–water partition coefficient (Wildman–Crippen LogP) is 1.47. The molecule has 0 radical (unpaired) electrons. The van der Waals surface area contributed by atoms with Gasteiger partial charge in [0.05, 0.1) is 23.7 Å². The van der Waals surface area contributed by atoms with Crippen LogP contribution in [0.5, 0.6) is 5.75 Å². The Bertz CT molecular complexity index is 1330. The number of rotatable bonds is 5. The van der Waals surface area contributed by atoms with Crippen molar-refractivity contribution in [2.75, 3.05) is 12.4 Å². The summed E-state index contributed by atoms with van der Waals surface area (Å²) in [6.45, 7) is 5.64. The molecule has 1 amide bonds. The molecule has 0 aliphatic heterocycles. The Morgan fingerprint density at radius 3 is 2.33 bits per heavy atom. The third-order valence-corrected chi connectivity index (χ3v) is 5.06. The number of pyridine rings is 1. The van der Waals surface area contributed by atoms with Crippen molar-refractivity contribution in [1.29, 1.82) is 0 Å². The van der Waals surface area contributed by atoms with Gasteiger partial charge in [0.15, 0.2) is 0 Å². The number of ether oxygens (including phenoxy) is 1. The van der Waals surface area contributed by atoms with Crippen LogP contribution in [0.3, 0.4) is 0 Å². The van der Waals surface area contributed by atoms with Gasteiger partial charge in [-0.2, -0.15) is 0 Å². The van der Waals surface area contributed by atoms with Crippen molar-refractivity contribution in [1.82, 2.24) is 13.7 Å². The number of carbonyl (C=O) groups is 1. The Morgan fingerprint density at radius 1 is 1.07 bits per heavy atom. The van der Waals surface area contributed by atoms with E-state index in [1.807, 2.05) is 13.0 Å². The second-order valence-electron chi connectivity index (χ2n) is 6.89. The standard InChI is InChI=1S/C21H24N4O5/c1-6-24-16(26)11-13(17-19(24)23(4)21(29)25(7-2)20(17)28)18(27)22-14-10-12(3)8-9-15(14)30-5/h8-11H,6-7H2,1-5H3,(H,22,27). The summed E-state index contributed by atoms with van der Waals surface area (Å²) in [5.41, 5.74) is -0.301. The highest BCUT2D eigenvalue weighted by molar-refractivity contribution is 6.12. The number of anilines is 1. The molecule has 3 rings (SSSR count). The number of carbonyl (C=O) groups excluding carboxylic acids is 1. The summed E-state index contributed by atoms with van der Waals surface area (Å²) in [4.78, 5) is 51.5. The summed E-state index contributed by atoms with van der Waals surface area (Å²) in [5.74, 6) is -0.193. The zero-order chi connectivity index (χ0) is 22.2. The second kappa shape index (κ2) is 8.02. The monoisotopic (exact) mass is 412 g/mol. The van der Waals surface area contributed by atoms with Gasteiger partial charge in [0.2, 0.25) is 0 Å². The lowest BCUT2D eigenvalue weighted by atomic mass is 10.1. The van der Waals surface area contributed by atoms with E-state index in [0.29, 0.717) is 11.4 Å². The van der Waals surface area contributed by atoms with E-state index in [0.717, 1.165) is 16.2 Å². The van der Waals surface area contributed by atoms with E-state index in [1.54, 1.807) is 26.0 Å². The highest BCUT2D eigenvalue weighted by Crippen LogP contribution is 2.26. The van der Waals surface area contributed by atoms with Crippen LogP contribution in [-0.4, -0.2) is 26.7 Å². The van der Waals surface area contributed by atoms with Crippen LogP contribution in [-0.2, 0) is 20.1 Å². The van der Waals surface area contributed by atoms with Crippen LogP contribution in [0.25, 0.3) is 11.0 Å².